The van der Waals surface area contributed by atoms with Crippen molar-refractivity contribution in [2.24, 2.45) is 0 Å². The normalized spacial score (nSPS) is 11.9. The van der Waals surface area contributed by atoms with Gasteiger partial charge in [0.05, 0.1) is 13.7 Å². The van der Waals surface area contributed by atoms with Gasteiger partial charge < -0.3 is 15.4 Å². The quantitative estimate of drug-likeness (QED) is 0.500. The van der Waals surface area contributed by atoms with E-state index in [-0.39, 0.29) is 18.4 Å². The fourth-order valence-electron chi connectivity index (χ4n) is 0.612. The van der Waals surface area contributed by atoms with Crippen LogP contribution in [0.25, 0.3) is 0 Å². The van der Waals surface area contributed by atoms with Crippen molar-refractivity contribution in [2.75, 3.05) is 27.2 Å². The summed E-state index contributed by atoms with van der Waals surface area (Å²) in [6.07, 6.45) is 0. The van der Waals surface area contributed by atoms with Gasteiger partial charge in [0, 0.05) is 13.6 Å². The van der Waals surface area contributed by atoms with Gasteiger partial charge in [0.2, 0.25) is 5.91 Å². The van der Waals surface area contributed by atoms with Gasteiger partial charge in [0.15, 0.2) is 0 Å². The molecule has 0 aromatic carbocycles. The van der Waals surface area contributed by atoms with Crippen molar-refractivity contribution in [3.63, 3.8) is 0 Å². The Labute approximate surface area is 85.3 Å². The number of amides is 1. The van der Waals surface area contributed by atoms with Crippen LogP contribution in [0, 0.1) is 0 Å². The molecule has 0 rings (SSSR count). The number of nitrogens with one attached hydrogen (secondary N) is 2. The molecule has 0 aliphatic rings. The molecule has 76 valence electrons. The largest absolute Gasteiger partial charge is 0.468 e. The Morgan fingerprint density at radius 3 is 2.62 bits per heavy atom. The maximum Gasteiger partial charge on any atom is 0.320 e. The summed E-state index contributed by atoms with van der Waals surface area (Å²) in [5, 5.41) is 5.24. The molecule has 0 aliphatic heterocycles. The highest BCUT2D eigenvalue weighted by Gasteiger charge is 2.14. The number of carbonyl (C=O) groups excluding carboxylic acids is 2. The second-order valence-electron chi connectivity index (χ2n) is 2.29. The van der Waals surface area contributed by atoms with Crippen LogP contribution in [0.4, 0.5) is 0 Å². The van der Waals surface area contributed by atoms with Crippen LogP contribution in [-0.4, -0.2) is 44.0 Å². The van der Waals surface area contributed by atoms with Crippen LogP contribution in [-0.2, 0) is 14.3 Å². The predicted molar refractivity (Wildman–Crippen MR) is 51.7 cm³/mol. The van der Waals surface area contributed by atoms with E-state index in [9.17, 15) is 9.59 Å². The minimum Gasteiger partial charge on any atom is -0.468 e. The molecular weight excluding hydrogens is 240 g/mol. The van der Waals surface area contributed by atoms with Crippen LogP contribution in [0.5, 0.6) is 0 Å². The van der Waals surface area contributed by atoms with Crippen LogP contribution in [0.15, 0.2) is 0 Å². The van der Waals surface area contributed by atoms with E-state index < -0.39 is 4.83 Å². The van der Waals surface area contributed by atoms with Gasteiger partial charge in [-0.2, -0.15) is 0 Å². The Morgan fingerprint density at radius 1 is 1.54 bits per heavy atom. The number of methoxy groups -OCH3 is 1. The Kier molecular flexibility index (Phi) is 6.52. The SMILES string of the molecule is CNC(=O)CNCC(Br)C(=O)OC. The zero-order valence-electron chi connectivity index (χ0n) is 7.59. The first-order chi connectivity index (χ1) is 6.11. The van der Waals surface area contributed by atoms with E-state index in [1.807, 2.05) is 0 Å². The number of esters is 1. The molecule has 1 atom stereocenters. The van der Waals surface area contributed by atoms with E-state index in [4.69, 9.17) is 0 Å². The second-order valence-corrected chi connectivity index (χ2v) is 3.40. The molecule has 1 amide bonds. The number of hydrogen-bond acceptors (Lipinski definition) is 4. The minimum atomic E-state index is -0.415. The van der Waals surface area contributed by atoms with Crippen molar-refractivity contribution in [3.8, 4) is 0 Å². The Bertz CT molecular complexity index is 187. The van der Waals surface area contributed by atoms with E-state index in [1.165, 1.54) is 7.11 Å². The molecule has 0 fully saturated rings. The van der Waals surface area contributed by atoms with E-state index in [1.54, 1.807) is 7.05 Å². The lowest BCUT2D eigenvalue weighted by Crippen LogP contribution is -2.36. The average Bonchev–Trinajstić information content (AvgIpc) is 2.15. The lowest BCUT2D eigenvalue weighted by Gasteiger charge is -2.07. The summed E-state index contributed by atoms with van der Waals surface area (Å²) in [5.41, 5.74) is 0. The molecule has 1 unspecified atom stereocenters. The van der Waals surface area contributed by atoms with E-state index >= 15 is 0 Å². The number of alkyl halides is 1. The number of rotatable bonds is 5. The molecule has 2 N–H and O–H groups in total. The van der Waals surface area contributed by atoms with Crippen LogP contribution in [0.1, 0.15) is 0 Å². The Hall–Kier alpha value is -0.620. The highest BCUT2D eigenvalue weighted by Crippen LogP contribution is 1.99. The van der Waals surface area contributed by atoms with Gasteiger partial charge in [0.25, 0.3) is 0 Å². The highest BCUT2D eigenvalue weighted by molar-refractivity contribution is 9.10. The Morgan fingerprint density at radius 2 is 2.15 bits per heavy atom. The summed E-state index contributed by atoms with van der Waals surface area (Å²) >= 11 is 3.11. The molecule has 13 heavy (non-hydrogen) atoms. The number of hydrogen-bond donors (Lipinski definition) is 2. The number of likely N-dealkylation sites (N-methyl/N-ethyl adjacent to an activating group) is 1. The van der Waals surface area contributed by atoms with E-state index in [0.29, 0.717) is 6.54 Å². The first-order valence-electron chi connectivity index (χ1n) is 3.75. The summed E-state index contributed by atoms with van der Waals surface area (Å²) in [5.74, 6) is -0.478. The molecule has 0 heterocycles. The third-order valence-corrected chi connectivity index (χ3v) is 2.04. The number of carbonyl (C=O) groups is 2. The third-order valence-electron chi connectivity index (χ3n) is 1.34. The van der Waals surface area contributed by atoms with E-state index in [0.717, 1.165) is 0 Å². The lowest BCUT2D eigenvalue weighted by atomic mass is 10.4. The van der Waals surface area contributed by atoms with Crippen molar-refractivity contribution < 1.29 is 14.3 Å². The maximum absolute atomic E-state index is 10.8. The monoisotopic (exact) mass is 252 g/mol. The topological polar surface area (TPSA) is 67.4 Å². The number of ether oxygens (including phenoxy) is 1. The standard InChI is InChI=1S/C7H13BrN2O3/c1-9-6(11)4-10-3-5(8)7(12)13-2/h5,10H,3-4H2,1-2H3,(H,9,11). The maximum atomic E-state index is 10.8. The van der Waals surface area contributed by atoms with Crippen LogP contribution in [0.2, 0.25) is 0 Å². The van der Waals surface area contributed by atoms with E-state index in [2.05, 4.69) is 31.3 Å². The molecule has 0 bridgehead atoms. The van der Waals surface area contributed by atoms with Gasteiger partial charge in [-0.25, -0.2) is 0 Å². The molecule has 0 radical (unpaired) electrons. The van der Waals surface area contributed by atoms with Crippen molar-refractivity contribution in [1.29, 1.82) is 0 Å². The smallest absolute Gasteiger partial charge is 0.320 e. The van der Waals surface area contributed by atoms with Gasteiger partial charge in [-0.1, -0.05) is 15.9 Å². The molecule has 0 saturated heterocycles. The van der Waals surface area contributed by atoms with Gasteiger partial charge in [0.1, 0.15) is 4.83 Å². The summed E-state index contributed by atoms with van der Waals surface area (Å²) in [6.45, 7) is 0.551. The third kappa shape index (κ3) is 5.59. The first-order valence-corrected chi connectivity index (χ1v) is 4.66. The summed E-state index contributed by atoms with van der Waals surface area (Å²) in [6, 6.07) is 0. The van der Waals surface area contributed by atoms with Gasteiger partial charge in [-0.05, 0) is 0 Å². The highest BCUT2D eigenvalue weighted by atomic mass is 79.9. The van der Waals surface area contributed by atoms with Crippen molar-refractivity contribution >= 4 is 27.8 Å². The fraction of sp³-hybridized carbons (Fsp3) is 0.714. The molecule has 6 heteroatoms. The summed E-state index contributed by atoms with van der Waals surface area (Å²) < 4.78 is 4.47. The molecule has 5 nitrogen and oxygen atoms in total. The molecule has 0 saturated carbocycles. The minimum absolute atomic E-state index is 0.121. The molecule has 0 aromatic heterocycles. The van der Waals surface area contributed by atoms with Crippen molar-refractivity contribution in [3.05, 3.63) is 0 Å². The zero-order valence-corrected chi connectivity index (χ0v) is 9.18. The lowest BCUT2D eigenvalue weighted by molar-refractivity contribution is -0.139. The summed E-state index contributed by atoms with van der Waals surface area (Å²) in [7, 11) is 2.87. The fourth-order valence-corrected chi connectivity index (χ4v) is 1.03. The molecule has 0 spiro atoms. The zero-order chi connectivity index (χ0) is 10.3. The molecule has 0 aliphatic carbocycles. The first kappa shape index (κ1) is 12.4. The van der Waals surface area contributed by atoms with Crippen LogP contribution in [0.3, 0.4) is 0 Å². The average molecular weight is 253 g/mol. The van der Waals surface area contributed by atoms with Crippen LogP contribution < -0.4 is 10.6 Å². The van der Waals surface area contributed by atoms with Gasteiger partial charge in [-0.3, -0.25) is 9.59 Å². The van der Waals surface area contributed by atoms with Crippen LogP contribution >= 0.6 is 15.9 Å². The van der Waals surface area contributed by atoms with Gasteiger partial charge >= 0.3 is 5.97 Å². The van der Waals surface area contributed by atoms with Crippen molar-refractivity contribution in [1.82, 2.24) is 10.6 Å². The van der Waals surface area contributed by atoms with Crippen molar-refractivity contribution in [2.45, 2.75) is 4.83 Å². The molecular formula is C7H13BrN2O3. The second kappa shape index (κ2) is 6.85. The number of halogens is 1. The Balaban J connectivity index is 3.53. The van der Waals surface area contributed by atoms with Gasteiger partial charge in [-0.15, -0.1) is 0 Å². The predicted octanol–water partition coefficient (Wildman–Crippen LogP) is -0.741. The molecule has 0 aromatic rings. The summed E-state index contributed by atoms with van der Waals surface area (Å²) in [4.78, 5) is 21.2.